The Kier molecular flexibility index (Phi) is 12.8. The van der Waals surface area contributed by atoms with E-state index >= 15 is 0 Å². The third kappa shape index (κ3) is 19.5. The van der Waals surface area contributed by atoms with Gasteiger partial charge in [0.2, 0.25) is 0 Å². The highest BCUT2D eigenvalue weighted by atomic mass is 16.6. The molecule has 0 atom stereocenters. The molecule has 0 fully saturated rings. The van der Waals surface area contributed by atoms with E-state index in [1.807, 2.05) is 27.7 Å². The molecule has 0 amide bonds. The van der Waals surface area contributed by atoms with E-state index in [9.17, 15) is 9.59 Å². The molecule has 0 saturated carbocycles. The average Bonchev–Trinajstić information content (AvgIpc) is 2.28. The molecule has 19 heavy (non-hydrogen) atoms. The molecule has 0 radical (unpaired) electrons. The monoisotopic (exact) mass is 274 g/mol. The molecule has 0 bridgehead atoms. The number of carbonyl (C=O) groups is 2. The van der Waals surface area contributed by atoms with E-state index < -0.39 is 0 Å². The van der Waals surface area contributed by atoms with Gasteiger partial charge in [-0.05, 0) is 33.6 Å². The Balaban J connectivity index is 0. The predicted molar refractivity (Wildman–Crippen MR) is 76.9 cm³/mol. The number of unbranched alkanes of at least 4 members (excludes halogenated alkanes) is 1. The van der Waals surface area contributed by atoms with Gasteiger partial charge >= 0.3 is 11.9 Å². The van der Waals surface area contributed by atoms with Crippen molar-refractivity contribution in [2.24, 2.45) is 0 Å². The smallest absolute Gasteiger partial charge is 0.306 e. The fourth-order valence-corrected chi connectivity index (χ4v) is 1.02. The molecular weight excluding hydrogens is 244 g/mol. The molecule has 0 aromatic rings. The zero-order valence-corrected chi connectivity index (χ0v) is 13.4. The van der Waals surface area contributed by atoms with Crippen LogP contribution in [0, 0.1) is 0 Å². The number of ether oxygens (including phenoxy) is 2. The highest BCUT2D eigenvalue weighted by molar-refractivity contribution is 5.69. The van der Waals surface area contributed by atoms with Crippen molar-refractivity contribution in [3.05, 3.63) is 0 Å². The van der Waals surface area contributed by atoms with Gasteiger partial charge in [0.15, 0.2) is 0 Å². The van der Waals surface area contributed by atoms with E-state index in [-0.39, 0.29) is 17.5 Å². The van der Waals surface area contributed by atoms with Crippen LogP contribution < -0.4 is 0 Å². The van der Waals surface area contributed by atoms with E-state index in [1.54, 1.807) is 6.92 Å². The second-order valence-corrected chi connectivity index (χ2v) is 5.26. The van der Waals surface area contributed by atoms with Crippen molar-refractivity contribution < 1.29 is 19.1 Å². The summed E-state index contributed by atoms with van der Waals surface area (Å²) in [6.07, 6.45) is 3.96. The quantitative estimate of drug-likeness (QED) is 0.545. The van der Waals surface area contributed by atoms with Crippen molar-refractivity contribution in [2.45, 2.75) is 79.2 Å². The molecule has 4 nitrogen and oxygen atoms in total. The van der Waals surface area contributed by atoms with E-state index in [1.165, 1.54) is 0 Å². The van der Waals surface area contributed by atoms with Crippen LogP contribution in [0.15, 0.2) is 0 Å². The normalized spacial score (nSPS) is 10.2. The van der Waals surface area contributed by atoms with E-state index in [0.717, 1.165) is 19.3 Å². The SMILES string of the molecule is CCC(=O)OC(C)(C)C.CCCCOC(=O)CCC. The van der Waals surface area contributed by atoms with Crippen LogP contribution in [0.25, 0.3) is 0 Å². The van der Waals surface area contributed by atoms with Crippen LogP contribution in [0.3, 0.4) is 0 Å². The third-order valence-electron chi connectivity index (χ3n) is 1.92. The third-order valence-corrected chi connectivity index (χ3v) is 1.92. The fourth-order valence-electron chi connectivity index (χ4n) is 1.02. The first kappa shape index (κ1) is 20.3. The van der Waals surface area contributed by atoms with Crippen molar-refractivity contribution in [3.63, 3.8) is 0 Å². The average molecular weight is 274 g/mol. The lowest BCUT2D eigenvalue weighted by Gasteiger charge is -2.18. The topological polar surface area (TPSA) is 52.6 Å². The van der Waals surface area contributed by atoms with E-state index in [2.05, 4.69) is 6.92 Å². The summed E-state index contributed by atoms with van der Waals surface area (Å²) >= 11 is 0. The fraction of sp³-hybridized carbons (Fsp3) is 0.867. The van der Waals surface area contributed by atoms with Gasteiger partial charge in [-0.15, -0.1) is 0 Å². The zero-order valence-electron chi connectivity index (χ0n) is 13.4. The number of hydrogen-bond donors (Lipinski definition) is 0. The summed E-state index contributed by atoms with van der Waals surface area (Å²) in [7, 11) is 0. The largest absolute Gasteiger partial charge is 0.466 e. The molecule has 4 heteroatoms. The van der Waals surface area contributed by atoms with Gasteiger partial charge in [-0.1, -0.05) is 27.2 Å². The van der Waals surface area contributed by atoms with Gasteiger partial charge in [0, 0.05) is 12.8 Å². The van der Waals surface area contributed by atoms with Gasteiger partial charge in [0.1, 0.15) is 5.60 Å². The summed E-state index contributed by atoms with van der Waals surface area (Å²) in [5, 5.41) is 0. The van der Waals surface area contributed by atoms with Crippen LogP contribution in [0.5, 0.6) is 0 Å². The van der Waals surface area contributed by atoms with Gasteiger partial charge in [0.25, 0.3) is 0 Å². The zero-order chi connectivity index (χ0) is 15.3. The minimum absolute atomic E-state index is 0.0593. The minimum Gasteiger partial charge on any atom is -0.466 e. The maximum atomic E-state index is 10.7. The van der Waals surface area contributed by atoms with Crippen LogP contribution in [-0.4, -0.2) is 24.1 Å². The first-order valence-corrected chi connectivity index (χ1v) is 7.14. The highest BCUT2D eigenvalue weighted by Gasteiger charge is 2.13. The molecule has 0 aromatic heterocycles. The lowest BCUT2D eigenvalue weighted by Crippen LogP contribution is -2.23. The highest BCUT2D eigenvalue weighted by Crippen LogP contribution is 2.07. The maximum absolute atomic E-state index is 10.7. The second-order valence-electron chi connectivity index (χ2n) is 5.26. The predicted octanol–water partition coefficient (Wildman–Crippen LogP) is 3.87. The Hall–Kier alpha value is -1.06. The molecule has 0 aliphatic heterocycles. The number of rotatable bonds is 6. The Morgan fingerprint density at radius 1 is 0.947 bits per heavy atom. The summed E-state index contributed by atoms with van der Waals surface area (Å²) in [4.78, 5) is 21.3. The van der Waals surface area contributed by atoms with Crippen molar-refractivity contribution >= 4 is 11.9 Å². The molecule has 0 unspecified atom stereocenters. The van der Waals surface area contributed by atoms with Crippen LogP contribution in [0.4, 0.5) is 0 Å². The second kappa shape index (κ2) is 12.0. The molecule has 114 valence electrons. The first-order chi connectivity index (χ1) is 8.76. The summed E-state index contributed by atoms with van der Waals surface area (Å²) in [5.74, 6) is -0.196. The minimum atomic E-state index is -0.326. The molecule has 0 aromatic carbocycles. The Bertz CT molecular complexity index is 241. The van der Waals surface area contributed by atoms with E-state index in [4.69, 9.17) is 9.47 Å². The molecule has 0 saturated heterocycles. The van der Waals surface area contributed by atoms with Gasteiger partial charge in [-0.3, -0.25) is 9.59 Å². The van der Waals surface area contributed by atoms with Crippen molar-refractivity contribution in [1.29, 1.82) is 0 Å². The van der Waals surface area contributed by atoms with Crippen molar-refractivity contribution in [3.8, 4) is 0 Å². The molecule has 0 heterocycles. The molecular formula is C15H30O4. The van der Waals surface area contributed by atoms with Gasteiger partial charge in [-0.2, -0.15) is 0 Å². The summed E-state index contributed by atoms with van der Waals surface area (Å²) < 4.78 is 9.83. The summed E-state index contributed by atoms with van der Waals surface area (Å²) in [5.41, 5.74) is -0.326. The van der Waals surface area contributed by atoms with Crippen molar-refractivity contribution in [2.75, 3.05) is 6.61 Å². The van der Waals surface area contributed by atoms with Crippen LogP contribution in [0.2, 0.25) is 0 Å². The van der Waals surface area contributed by atoms with Crippen LogP contribution >= 0.6 is 0 Å². The lowest BCUT2D eigenvalue weighted by molar-refractivity contribution is -0.154. The summed E-state index contributed by atoms with van der Waals surface area (Å²) in [6, 6.07) is 0. The van der Waals surface area contributed by atoms with Gasteiger partial charge in [-0.25, -0.2) is 0 Å². The molecule has 0 rings (SSSR count). The Labute approximate surface area is 117 Å². The van der Waals surface area contributed by atoms with E-state index in [0.29, 0.717) is 19.4 Å². The maximum Gasteiger partial charge on any atom is 0.306 e. The molecule has 0 aliphatic rings. The molecule has 0 N–H and O–H groups in total. The molecule has 0 aliphatic carbocycles. The number of carbonyl (C=O) groups excluding carboxylic acids is 2. The lowest BCUT2D eigenvalue weighted by atomic mass is 10.2. The van der Waals surface area contributed by atoms with Crippen molar-refractivity contribution in [1.82, 2.24) is 0 Å². The number of esters is 2. The Morgan fingerprint density at radius 2 is 1.53 bits per heavy atom. The van der Waals surface area contributed by atoms with Gasteiger partial charge in [0.05, 0.1) is 6.61 Å². The molecule has 0 spiro atoms. The first-order valence-electron chi connectivity index (χ1n) is 7.14. The Morgan fingerprint density at radius 3 is 1.84 bits per heavy atom. The summed E-state index contributed by atoms with van der Waals surface area (Å²) in [6.45, 7) is 12.0. The van der Waals surface area contributed by atoms with Crippen LogP contribution in [-0.2, 0) is 19.1 Å². The standard InChI is InChI=1S/C8H16O2.C7H14O2/c1-3-5-7-10-8(9)6-4-2;1-5-6(8)9-7(2,3)4/h3-7H2,1-2H3;5H2,1-4H3. The van der Waals surface area contributed by atoms with Crippen LogP contribution in [0.1, 0.15) is 73.6 Å². The number of hydrogen-bond acceptors (Lipinski definition) is 4. The van der Waals surface area contributed by atoms with Gasteiger partial charge < -0.3 is 9.47 Å².